The minimum atomic E-state index is -1.80. The Morgan fingerprint density at radius 2 is 1.72 bits per heavy atom. The van der Waals surface area contributed by atoms with Crippen LogP contribution < -0.4 is 11.1 Å². The number of nitrogens with one attached hydrogen (secondary N) is 1. The summed E-state index contributed by atoms with van der Waals surface area (Å²) >= 11 is 0. The molecule has 3 rings (SSSR count). The largest absolute Gasteiger partial charge is 0.466 e. The van der Waals surface area contributed by atoms with E-state index in [4.69, 9.17) is 19.9 Å². The van der Waals surface area contributed by atoms with Gasteiger partial charge in [-0.25, -0.2) is 9.59 Å². The fourth-order valence-electron chi connectivity index (χ4n) is 3.35. The first-order valence-electron chi connectivity index (χ1n) is 7.36. The highest BCUT2D eigenvalue weighted by Gasteiger charge is 2.61. The van der Waals surface area contributed by atoms with E-state index in [1.54, 1.807) is 24.3 Å². The number of allylic oxidation sites excluding steroid dienone is 1. The lowest BCUT2D eigenvalue weighted by Gasteiger charge is -2.35. The third-order valence-corrected chi connectivity index (χ3v) is 4.31. The van der Waals surface area contributed by atoms with E-state index in [0.29, 0.717) is 11.3 Å². The number of hydrogen-bond acceptors (Lipinski definition) is 7. The van der Waals surface area contributed by atoms with Crippen LogP contribution in [0.4, 0.5) is 5.69 Å². The van der Waals surface area contributed by atoms with Crippen LogP contribution in [0, 0.1) is 0 Å². The molecule has 2 heterocycles. The molecule has 1 atom stereocenters. The lowest BCUT2D eigenvalue weighted by Crippen LogP contribution is -2.48. The van der Waals surface area contributed by atoms with Gasteiger partial charge in [-0.15, -0.1) is 0 Å². The molecule has 0 aromatic heterocycles. The molecule has 1 aromatic carbocycles. The summed E-state index contributed by atoms with van der Waals surface area (Å²) in [6, 6.07) is 6.69. The van der Waals surface area contributed by atoms with Gasteiger partial charge in [0.2, 0.25) is 11.8 Å². The molecule has 0 unspecified atom stereocenters. The summed E-state index contributed by atoms with van der Waals surface area (Å²) in [5.41, 5.74) is 4.58. The number of para-hydroxylation sites is 1. The van der Waals surface area contributed by atoms with Crippen LogP contribution in [-0.2, 0) is 34.0 Å². The van der Waals surface area contributed by atoms with Gasteiger partial charge in [-0.3, -0.25) is 4.79 Å². The normalized spacial score (nSPS) is 21.6. The second-order valence-corrected chi connectivity index (χ2v) is 5.51. The molecule has 2 aliphatic rings. The molecule has 8 nitrogen and oxygen atoms in total. The van der Waals surface area contributed by atoms with Gasteiger partial charge in [0, 0.05) is 11.3 Å². The number of methoxy groups -OCH3 is 2. The Labute approximate surface area is 143 Å². The highest BCUT2D eigenvalue weighted by molar-refractivity contribution is 6.21. The minimum absolute atomic E-state index is 0.0730. The number of hydrogen-bond donors (Lipinski definition) is 2. The zero-order chi connectivity index (χ0) is 18.4. The van der Waals surface area contributed by atoms with Crippen LogP contribution in [0.25, 0.3) is 0 Å². The Balaban J connectivity index is 2.44. The fraction of sp³-hybridized carbons (Fsp3) is 0.235. The van der Waals surface area contributed by atoms with Gasteiger partial charge in [0.15, 0.2) is 0 Å². The van der Waals surface area contributed by atoms with E-state index in [-0.39, 0.29) is 22.8 Å². The predicted molar refractivity (Wildman–Crippen MR) is 85.8 cm³/mol. The maximum atomic E-state index is 13.1. The molecule has 0 fully saturated rings. The van der Waals surface area contributed by atoms with Crippen molar-refractivity contribution >= 4 is 23.5 Å². The summed E-state index contributed by atoms with van der Waals surface area (Å²) < 4.78 is 15.0. The van der Waals surface area contributed by atoms with Crippen LogP contribution in [0.5, 0.6) is 0 Å². The second-order valence-electron chi connectivity index (χ2n) is 5.51. The van der Waals surface area contributed by atoms with E-state index >= 15 is 0 Å². The summed E-state index contributed by atoms with van der Waals surface area (Å²) in [7, 11) is 2.33. The van der Waals surface area contributed by atoms with Crippen LogP contribution in [0.15, 0.2) is 47.1 Å². The minimum Gasteiger partial charge on any atom is -0.466 e. The highest BCUT2D eigenvalue weighted by atomic mass is 16.5. The number of carbonyl (C=O) groups excluding carboxylic acids is 3. The Hall–Kier alpha value is -3.29. The SMILES string of the molecule is COC(=O)C1=C(C)OC(N)=C(C(=O)OC)[C@]12C(=O)Nc1ccccc12. The Kier molecular flexibility index (Phi) is 3.75. The molecule has 0 radical (unpaired) electrons. The Morgan fingerprint density at radius 3 is 2.36 bits per heavy atom. The van der Waals surface area contributed by atoms with Gasteiger partial charge in [-0.1, -0.05) is 18.2 Å². The fourth-order valence-corrected chi connectivity index (χ4v) is 3.35. The molecule has 1 aromatic rings. The van der Waals surface area contributed by atoms with Crippen molar-refractivity contribution in [1.82, 2.24) is 0 Å². The standard InChI is InChI=1S/C17H16N2O6/c1-8-11(14(20)23-2)17(12(13(18)25-8)15(21)24-3)9-6-4-5-7-10(9)19-16(17)22/h4-7H,18H2,1-3H3,(H,19,22)/t17-/m1/s1. The van der Waals surface area contributed by atoms with Gasteiger partial charge < -0.3 is 25.3 Å². The van der Waals surface area contributed by atoms with Crippen molar-refractivity contribution in [3.63, 3.8) is 0 Å². The van der Waals surface area contributed by atoms with Crippen molar-refractivity contribution in [1.29, 1.82) is 0 Å². The number of benzene rings is 1. The molecule has 0 aliphatic carbocycles. The Bertz CT molecular complexity index is 830. The third-order valence-electron chi connectivity index (χ3n) is 4.31. The van der Waals surface area contributed by atoms with Gasteiger partial charge >= 0.3 is 11.9 Å². The van der Waals surface area contributed by atoms with Crippen molar-refractivity contribution in [3.05, 3.63) is 52.6 Å². The van der Waals surface area contributed by atoms with Crippen LogP contribution in [0.2, 0.25) is 0 Å². The van der Waals surface area contributed by atoms with Crippen molar-refractivity contribution in [2.75, 3.05) is 19.5 Å². The summed E-state index contributed by atoms with van der Waals surface area (Å²) in [4.78, 5) is 38.0. The number of fused-ring (bicyclic) bond motifs is 2. The average molecular weight is 344 g/mol. The average Bonchev–Trinajstić information content (AvgIpc) is 2.87. The van der Waals surface area contributed by atoms with Gasteiger partial charge in [0.05, 0.1) is 14.2 Å². The zero-order valence-corrected chi connectivity index (χ0v) is 13.8. The molecule has 2 aliphatic heterocycles. The lowest BCUT2D eigenvalue weighted by atomic mass is 9.68. The first-order chi connectivity index (χ1) is 11.9. The molecule has 25 heavy (non-hydrogen) atoms. The summed E-state index contributed by atoms with van der Waals surface area (Å²) in [6.45, 7) is 1.48. The van der Waals surface area contributed by atoms with Gasteiger partial charge in [0.1, 0.15) is 22.3 Å². The molecular formula is C17H16N2O6. The number of nitrogens with two attached hydrogens (primary N) is 1. The maximum Gasteiger partial charge on any atom is 0.340 e. The van der Waals surface area contributed by atoms with E-state index in [1.165, 1.54) is 14.0 Å². The topological polar surface area (TPSA) is 117 Å². The van der Waals surface area contributed by atoms with E-state index in [9.17, 15) is 14.4 Å². The van der Waals surface area contributed by atoms with E-state index in [2.05, 4.69) is 5.32 Å². The molecule has 0 bridgehead atoms. The summed E-state index contributed by atoms with van der Waals surface area (Å²) in [5.74, 6) is -2.52. The van der Waals surface area contributed by atoms with Crippen molar-refractivity contribution in [3.8, 4) is 0 Å². The quantitative estimate of drug-likeness (QED) is 0.758. The predicted octanol–water partition coefficient (Wildman–Crippen LogP) is 0.697. The molecular weight excluding hydrogens is 328 g/mol. The monoisotopic (exact) mass is 344 g/mol. The van der Waals surface area contributed by atoms with Crippen LogP contribution in [-0.4, -0.2) is 32.1 Å². The van der Waals surface area contributed by atoms with Gasteiger partial charge in [-0.05, 0) is 13.0 Å². The second kappa shape index (κ2) is 5.66. The van der Waals surface area contributed by atoms with Crippen molar-refractivity contribution in [2.45, 2.75) is 12.3 Å². The first-order valence-corrected chi connectivity index (χ1v) is 7.36. The van der Waals surface area contributed by atoms with Gasteiger partial charge in [-0.2, -0.15) is 0 Å². The first kappa shape index (κ1) is 16.6. The van der Waals surface area contributed by atoms with Crippen LogP contribution in [0.1, 0.15) is 12.5 Å². The molecule has 1 amide bonds. The number of rotatable bonds is 2. The Morgan fingerprint density at radius 1 is 1.12 bits per heavy atom. The van der Waals surface area contributed by atoms with Crippen molar-refractivity contribution < 1.29 is 28.6 Å². The van der Waals surface area contributed by atoms with Crippen molar-refractivity contribution in [2.24, 2.45) is 5.73 Å². The zero-order valence-electron chi connectivity index (χ0n) is 13.8. The summed E-state index contributed by atoms with van der Waals surface area (Å²) in [5, 5.41) is 2.68. The van der Waals surface area contributed by atoms with Crippen LogP contribution in [0.3, 0.4) is 0 Å². The highest BCUT2D eigenvalue weighted by Crippen LogP contribution is 2.52. The number of ether oxygens (including phenoxy) is 3. The van der Waals surface area contributed by atoms with Gasteiger partial charge in [0.25, 0.3) is 0 Å². The number of esters is 2. The van der Waals surface area contributed by atoms with E-state index in [1.807, 2.05) is 0 Å². The summed E-state index contributed by atoms with van der Waals surface area (Å²) in [6.07, 6.45) is 0. The molecule has 8 heteroatoms. The molecule has 0 saturated heterocycles. The van der Waals surface area contributed by atoms with Crippen LogP contribution >= 0.6 is 0 Å². The third kappa shape index (κ3) is 2.03. The molecule has 0 saturated carbocycles. The number of carbonyl (C=O) groups is 3. The molecule has 130 valence electrons. The van der Waals surface area contributed by atoms with E-state index in [0.717, 1.165) is 7.11 Å². The molecule has 3 N–H and O–H groups in total. The number of amides is 1. The number of anilines is 1. The molecule has 1 spiro atoms. The lowest BCUT2D eigenvalue weighted by molar-refractivity contribution is -0.141. The van der Waals surface area contributed by atoms with E-state index < -0.39 is 23.3 Å². The smallest absolute Gasteiger partial charge is 0.340 e. The maximum absolute atomic E-state index is 13.1.